The van der Waals surface area contributed by atoms with Gasteiger partial charge in [0.2, 0.25) is 5.91 Å². The first kappa shape index (κ1) is 17.3. The van der Waals surface area contributed by atoms with E-state index < -0.39 is 12.0 Å². The average Bonchev–Trinajstić information content (AvgIpc) is 2.39. The lowest BCUT2D eigenvalue weighted by Gasteiger charge is -2.37. The topological polar surface area (TPSA) is 83.6 Å². The van der Waals surface area contributed by atoms with Crippen molar-refractivity contribution in [2.24, 2.45) is 5.73 Å². The van der Waals surface area contributed by atoms with Crippen LogP contribution in [0.3, 0.4) is 0 Å². The highest BCUT2D eigenvalue weighted by Gasteiger charge is 2.27. The predicted molar refractivity (Wildman–Crippen MR) is 81.8 cm³/mol. The summed E-state index contributed by atoms with van der Waals surface area (Å²) in [6.07, 6.45) is 5.82. The van der Waals surface area contributed by atoms with E-state index in [0.717, 1.165) is 12.8 Å². The minimum atomic E-state index is -1.02. The van der Waals surface area contributed by atoms with Crippen molar-refractivity contribution in [3.63, 3.8) is 0 Å². The molecule has 1 rings (SSSR count). The van der Waals surface area contributed by atoms with E-state index in [9.17, 15) is 9.59 Å². The zero-order valence-electron chi connectivity index (χ0n) is 12.4. The van der Waals surface area contributed by atoms with E-state index in [1.807, 2.05) is 18.7 Å². The van der Waals surface area contributed by atoms with Crippen molar-refractivity contribution in [1.82, 2.24) is 4.90 Å². The average molecular weight is 302 g/mol. The Bertz CT molecular complexity index is 330. The highest BCUT2D eigenvalue weighted by molar-refractivity contribution is 8.00. The van der Waals surface area contributed by atoms with Crippen LogP contribution in [0.4, 0.5) is 0 Å². The standard InChI is InChI=1S/C14H26N2O3S/c1-10(2)16(11-6-4-3-5-7-11)13(17)9-20-8-12(15)14(18)19/h10-12H,3-9,15H2,1-2H3,(H,18,19). The number of hydrogen-bond donors (Lipinski definition) is 2. The molecule has 3 N–H and O–H groups in total. The number of thioether (sulfide) groups is 1. The second-order valence-corrected chi connectivity index (χ2v) is 6.68. The Hall–Kier alpha value is -0.750. The summed E-state index contributed by atoms with van der Waals surface area (Å²) in [4.78, 5) is 25.0. The number of carboxylic acids is 1. The van der Waals surface area contributed by atoms with Crippen LogP contribution in [0.15, 0.2) is 0 Å². The molecule has 0 bridgehead atoms. The van der Waals surface area contributed by atoms with Crippen LogP contribution in [0.5, 0.6) is 0 Å². The van der Waals surface area contributed by atoms with E-state index >= 15 is 0 Å². The third-order valence-corrected chi connectivity index (χ3v) is 4.70. The molecule has 20 heavy (non-hydrogen) atoms. The monoisotopic (exact) mass is 302 g/mol. The number of rotatable bonds is 7. The third kappa shape index (κ3) is 5.32. The van der Waals surface area contributed by atoms with E-state index in [2.05, 4.69) is 0 Å². The Morgan fingerprint density at radius 2 is 1.90 bits per heavy atom. The first-order valence-electron chi connectivity index (χ1n) is 7.30. The van der Waals surface area contributed by atoms with Gasteiger partial charge < -0.3 is 15.7 Å². The number of nitrogens with zero attached hydrogens (tertiary/aromatic N) is 1. The van der Waals surface area contributed by atoms with Crippen molar-refractivity contribution >= 4 is 23.6 Å². The normalized spacial score (nSPS) is 18.0. The van der Waals surface area contributed by atoms with Crippen molar-refractivity contribution in [3.05, 3.63) is 0 Å². The molecule has 0 heterocycles. The lowest BCUT2D eigenvalue weighted by Crippen LogP contribution is -2.46. The molecule has 5 nitrogen and oxygen atoms in total. The zero-order chi connectivity index (χ0) is 15.1. The predicted octanol–water partition coefficient (Wildman–Crippen LogP) is 1.70. The Kier molecular flexibility index (Phi) is 7.37. The molecular weight excluding hydrogens is 276 g/mol. The number of carbonyl (C=O) groups is 2. The van der Waals surface area contributed by atoms with Gasteiger partial charge in [-0.3, -0.25) is 9.59 Å². The summed E-state index contributed by atoms with van der Waals surface area (Å²) >= 11 is 1.31. The van der Waals surface area contributed by atoms with Gasteiger partial charge in [0.15, 0.2) is 0 Å². The number of nitrogens with two attached hydrogens (primary N) is 1. The molecule has 1 unspecified atom stereocenters. The SMILES string of the molecule is CC(C)N(C(=O)CSCC(N)C(=O)O)C1CCCCC1. The van der Waals surface area contributed by atoms with E-state index in [1.54, 1.807) is 0 Å². The van der Waals surface area contributed by atoms with Gasteiger partial charge >= 0.3 is 5.97 Å². The van der Waals surface area contributed by atoms with Crippen molar-refractivity contribution in [1.29, 1.82) is 0 Å². The van der Waals surface area contributed by atoms with Gasteiger partial charge in [0.1, 0.15) is 6.04 Å². The van der Waals surface area contributed by atoms with Crippen LogP contribution in [0.25, 0.3) is 0 Å². The molecule has 0 aromatic heterocycles. The maximum absolute atomic E-state index is 12.4. The Labute approximate surface area is 125 Å². The molecule has 0 saturated heterocycles. The van der Waals surface area contributed by atoms with Crippen LogP contribution < -0.4 is 5.73 Å². The zero-order valence-corrected chi connectivity index (χ0v) is 13.2. The fourth-order valence-electron chi connectivity index (χ4n) is 2.69. The van der Waals surface area contributed by atoms with Crippen molar-refractivity contribution in [3.8, 4) is 0 Å². The number of hydrogen-bond acceptors (Lipinski definition) is 4. The van der Waals surface area contributed by atoms with Gasteiger partial charge in [-0.25, -0.2) is 0 Å². The van der Waals surface area contributed by atoms with Crippen LogP contribution in [-0.2, 0) is 9.59 Å². The third-order valence-electron chi connectivity index (χ3n) is 3.65. The Balaban J connectivity index is 2.46. The Morgan fingerprint density at radius 1 is 1.30 bits per heavy atom. The smallest absolute Gasteiger partial charge is 0.321 e. The lowest BCUT2D eigenvalue weighted by molar-refractivity contribution is -0.138. The van der Waals surface area contributed by atoms with E-state index in [1.165, 1.54) is 31.0 Å². The van der Waals surface area contributed by atoms with Crippen LogP contribution in [-0.4, -0.2) is 51.5 Å². The fourth-order valence-corrected chi connectivity index (χ4v) is 3.53. The molecule has 1 fully saturated rings. The molecule has 1 aliphatic rings. The van der Waals surface area contributed by atoms with Crippen molar-refractivity contribution in [2.75, 3.05) is 11.5 Å². The summed E-state index contributed by atoms with van der Waals surface area (Å²) in [5, 5.41) is 8.71. The van der Waals surface area contributed by atoms with Gasteiger partial charge in [0.25, 0.3) is 0 Å². The molecule has 0 aromatic rings. The van der Waals surface area contributed by atoms with Crippen LogP contribution in [0, 0.1) is 0 Å². The van der Waals surface area contributed by atoms with Crippen LogP contribution in [0.1, 0.15) is 46.0 Å². The minimum absolute atomic E-state index is 0.106. The van der Waals surface area contributed by atoms with Gasteiger partial charge in [-0.2, -0.15) is 0 Å². The molecule has 0 aromatic carbocycles. The summed E-state index contributed by atoms with van der Waals surface area (Å²) in [6.45, 7) is 4.08. The summed E-state index contributed by atoms with van der Waals surface area (Å²) in [6, 6.07) is -0.348. The van der Waals surface area contributed by atoms with Gasteiger partial charge in [0, 0.05) is 17.8 Å². The van der Waals surface area contributed by atoms with Crippen molar-refractivity contribution in [2.45, 2.75) is 64.1 Å². The maximum atomic E-state index is 12.4. The quantitative estimate of drug-likeness (QED) is 0.748. The van der Waals surface area contributed by atoms with Gasteiger partial charge in [-0.15, -0.1) is 11.8 Å². The number of amides is 1. The van der Waals surface area contributed by atoms with E-state index in [4.69, 9.17) is 10.8 Å². The fraction of sp³-hybridized carbons (Fsp3) is 0.857. The second kappa shape index (κ2) is 8.52. The first-order chi connectivity index (χ1) is 9.43. The van der Waals surface area contributed by atoms with Gasteiger partial charge in [0.05, 0.1) is 5.75 Å². The minimum Gasteiger partial charge on any atom is -0.480 e. The first-order valence-corrected chi connectivity index (χ1v) is 8.46. The molecule has 1 aliphatic carbocycles. The van der Waals surface area contributed by atoms with Gasteiger partial charge in [-0.1, -0.05) is 19.3 Å². The van der Waals surface area contributed by atoms with Crippen molar-refractivity contribution < 1.29 is 14.7 Å². The number of carbonyl (C=O) groups excluding carboxylic acids is 1. The maximum Gasteiger partial charge on any atom is 0.321 e. The summed E-state index contributed by atoms with van der Waals surface area (Å²) in [5.41, 5.74) is 5.44. The molecule has 6 heteroatoms. The summed E-state index contributed by atoms with van der Waals surface area (Å²) < 4.78 is 0. The summed E-state index contributed by atoms with van der Waals surface area (Å²) in [5.74, 6) is -0.319. The molecule has 0 spiro atoms. The van der Waals surface area contributed by atoms with Gasteiger partial charge in [-0.05, 0) is 26.7 Å². The molecule has 1 atom stereocenters. The Morgan fingerprint density at radius 3 is 2.40 bits per heavy atom. The number of carboxylic acid groups (broad SMARTS) is 1. The second-order valence-electron chi connectivity index (χ2n) is 5.65. The molecular formula is C14H26N2O3S. The molecule has 0 aliphatic heterocycles. The molecule has 1 amide bonds. The van der Waals surface area contributed by atoms with Crippen LogP contribution >= 0.6 is 11.8 Å². The lowest BCUT2D eigenvalue weighted by atomic mass is 9.93. The molecule has 116 valence electrons. The largest absolute Gasteiger partial charge is 0.480 e. The summed E-state index contributed by atoms with van der Waals surface area (Å²) in [7, 11) is 0. The molecule has 0 radical (unpaired) electrons. The molecule has 1 saturated carbocycles. The van der Waals surface area contributed by atoms with E-state index in [-0.39, 0.29) is 17.7 Å². The number of aliphatic carboxylic acids is 1. The highest BCUT2D eigenvalue weighted by Crippen LogP contribution is 2.25. The highest BCUT2D eigenvalue weighted by atomic mass is 32.2. The van der Waals surface area contributed by atoms with E-state index in [0.29, 0.717) is 11.8 Å². The van der Waals surface area contributed by atoms with Crippen LogP contribution in [0.2, 0.25) is 0 Å².